The van der Waals surface area contributed by atoms with Crippen molar-refractivity contribution >= 4 is 49.3 Å². The van der Waals surface area contributed by atoms with E-state index in [-0.39, 0.29) is 0 Å². The standard InChI is InChI=1S/H2S2.HSSe/c2*1-2/h1-2H;1H. The van der Waals surface area contributed by atoms with Crippen molar-refractivity contribution < 1.29 is 0 Å². The molecule has 0 spiro atoms. The van der Waals surface area contributed by atoms with Gasteiger partial charge in [0.15, 0.2) is 0 Å². The Morgan fingerprint density at radius 3 is 1.00 bits per heavy atom. The van der Waals surface area contributed by atoms with Gasteiger partial charge in [0.2, 0.25) is 0 Å². The van der Waals surface area contributed by atoms with Crippen molar-refractivity contribution in [2.45, 2.75) is 0 Å². The molecule has 0 saturated carbocycles. The van der Waals surface area contributed by atoms with Crippen molar-refractivity contribution in [3.05, 3.63) is 0 Å². The molecular weight excluding hydrogens is 175 g/mol. The molecule has 1 radical (unpaired) electrons. The van der Waals surface area contributed by atoms with Crippen molar-refractivity contribution in [2.75, 3.05) is 0 Å². The van der Waals surface area contributed by atoms with Gasteiger partial charge in [-0.05, 0) is 0 Å². The fraction of sp³-hybridized carbons (Fsp3) is 0. The molecule has 0 N–H and O–H groups in total. The number of hydrogen-bond acceptors (Lipinski definition) is 3. The molecule has 0 bridgehead atoms. The molecule has 0 aromatic rings. The first-order chi connectivity index (χ1) is 2.00. The number of rotatable bonds is 0. The Morgan fingerprint density at radius 1 is 1.00 bits per heavy atom. The Kier molecular flexibility index (Phi) is 53.9. The Labute approximate surface area is 49.2 Å². The van der Waals surface area contributed by atoms with E-state index in [9.17, 15) is 0 Å². The molecular formula is H3S3Se. The quantitative estimate of drug-likeness (QED) is 0.272. The van der Waals surface area contributed by atoms with Gasteiger partial charge in [-0.3, -0.25) is 0 Å². The zero-order chi connectivity index (χ0) is 4.00. The van der Waals surface area contributed by atoms with Crippen LogP contribution in [0.25, 0.3) is 0 Å². The second kappa shape index (κ2) is 23.6. The topological polar surface area (TPSA) is 0 Å². The molecule has 0 atom stereocenters. The summed E-state index contributed by atoms with van der Waals surface area (Å²) in [6.07, 6.45) is 0. The maximum absolute atomic E-state index is 3.40. The van der Waals surface area contributed by atoms with Gasteiger partial charge in [0.1, 0.15) is 0 Å². The van der Waals surface area contributed by atoms with E-state index in [1.165, 1.54) is 0 Å². The normalized spacial score (nSPS) is 3.00. The molecule has 0 saturated heterocycles. The van der Waals surface area contributed by atoms with E-state index in [4.69, 9.17) is 0 Å². The molecule has 4 heteroatoms. The van der Waals surface area contributed by atoms with Gasteiger partial charge in [-0.2, -0.15) is 0 Å². The predicted octanol–water partition coefficient (Wildman–Crippen LogP) is 0.761. The zero-order valence-electron chi connectivity index (χ0n) is 1.75. The van der Waals surface area contributed by atoms with E-state index in [2.05, 4.69) is 49.3 Å². The summed E-state index contributed by atoms with van der Waals surface area (Å²) in [5, 5.41) is 0. The van der Waals surface area contributed by atoms with Crippen molar-refractivity contribution in [3.8, 4) is 0 Å². The molecule has 0 nitrogen and oxygen atoms in total. The number of hydrogen-bond donors (Lipinski definition) is 3. The summed E-state index contributed by atoms with van der Waals surface area (Å²) in [6, 6.07) is 0. The van der Waals surface area contributed by atoms with Gasteiger partial charge < -0.3 is 0 Å². The van der Waals surface area contributed by atoms with Crippen LogP contribution in [0.5, 0.6) is 0 Å². The first kappa shape index (κ1) is 9.13. The molecule has 27 valence electrons. The van der Waals surface area contributed by atoms with Crippen LogP contribution in [0.1, 0.15) is 0 Å². The average molecular weight is 178 g/mol. The second-order valence-electron chi connectivity index (χ2n) is 0. The van der Waals surface area contributed by atoms with Crippen LogP contribution < -0.4 is 0 Å². The minimum absolute atomic E-state index is 2.32. The molecule has 0 rings (SSSR count). The third kappa shape index (κ3) is 9.57. The summed E-state index contributed by atoms with van der Waals surface area (Å²) in [5.41, 5.74) is 0. The molecule has 4 heavy (non-hydrogen) atoms. The predicted molar refractivity (Wildman–Crippen MR) is 32.7 cm³/mol. The Balaban J connectivity index is 0. The monoisotopic (exact) mass is 179 g/mol. The second-order valence-corrected chi connectivity index (χ2v) is 0. The van der Waals surface area contributed by atoms with Gasteiger partial charge in [-0.1, -0.05) is 0 Å². The molecule has 0 fully saturated rings. The van der Waals surface area contributed by atoms with Crippen molar-refractivity contribution in [1.82, 2.24) is 0 Å². The third-order valence-corrected chi connectivity index (χ3v) is 0. The summed E-state index contributed by atoms with van der Waals surface area (Å²) >= 11 is 12.2. The van der Waals surface area contributed by atoms with Crippen LogP contribution in [0.15, 0.2) is 0 Å². The van der Waals surface area contributed by atoms with E-state index in [1.54, 1.807) is 0 Å². The molecule has 0 aliphatic carbocycles. The molecule has 0 aliphatic heterocycles. The van der Waals surface area contributed by atoms with Crippen LogP contribution in [-0.2, 0) is 0 Å². The first-order valence-electron chi connectivity index (χ1n) is 0.383. The fourth-order valence-corrected chi connectivity index (χ4v) is 0. The van der Waals surface area contributed by atoms with Gasteiger partial charge in [-0.25, -0.2) is 0 Å². The van der Waals surface area contributed by atoms with E-state index in [0.29, 0.717) is 0 Å². The van der Waals surface area contributed by atoms with Crippen LogP contribution in [0, 0.1) is 0 Å². The van der Waals surface area contributed by atoms with Crippen LogP contribution >= 0.6 is 34.4 Å². The van der Waals surface area contributed by atoms with E-state index in [1.807, 2.05) is 0 Å². The minimum atomic E-state index is 2.32. The first-order valence-corrected chi connectivity index (χ1v) is 4.65. The summed E-state index contributed by atoms with van der Waals surface area (Å²) in [4.78, 5) is 0. The third-order valence-electron chi connectivity index (χ3n) is 0. The van der Waals surface area contributed by atoms with Gasteiger partial charge in [0.05, 0.1) is 0 Å². The van der Waals surface area contributed by atoms with E-state index >= 15 is 0 Å². The fourth-order valence-electron chi connectivity index (χ4n) is 0. The number of thiol groups is 3. The summed E-state index contributed by atoms with van der Waals surface area (Å²) in [6.45, 7) is 0. The average Bonchev–Trinajstić information content (AvgIpc) is 1.50. The molecule has 0 aromatic heterocycles. The molecule has 0 heterocycles. The van der Waals surface area contributed by atoms with Crippen molar-refractivity contribution in [3.63, 3.8) is 0 Å². The van der Waals surface area contributed by atoms with Crippen LogP contribution in [-0.4, -0.2) is 14.9 Å². The SMILES string of the molecule is SS.S[Se]. The zero-order valence-corrected chi connectivity index (χ0v) is 6.15. The summed E-state index contributed by atoms with van der Waals surface area (Å²) in [5.74, 6) is 0. The van der Waals surface area contributed by atoms with E-state index in [0.717, 1.165) is 0 Å². The molecule has 0 aliphatic rings. The molecule has 0 unspecified atom stereocenters. The Bertz CT molecular complexity index is 3.25. The molecule has 0 amide bonds. The van der Waals surface area contributed by atoms with Gasteiger partial charge in [0.25, 0.3) is 0 Å². The van der Waals surface area contributed by atoms with Crippen LogP contribution in [0.3, 0.4) is 0 Å². The molecule has 0 aromatic carbocycles. The van der Waals surface area contributed by atoms with Gasteiger partial charge in [0, 0.05) is 0 Å². The van der Waals surface area contributed by atoms with Gasteiger partial charge in [-0.15, -0.1) is 23.3 Å². The van der Waals surface area contributed by atoms with Crippen LogP contribution in [0.2, 0.25) is 0 Å². The van der Waals surface area contributed by atoms with E-state index < -0.39 is 0 Å². The van der Waals surface area contributed by atoms with Gasteiger partial charge >= 0.3 is 25.9 Å². The van der Waals surface area contributed by atoms with Crippen molar-refractivity contribution in [2.24, 2.45) is 0 Å². The maximum atomic E-state index is 3.40. The van der Waals surface area contributed by atoms with Crippen molar-refractivity contribution in [1.29, 1.82) is 0 Å². The Hall–Kier alpha value is 1.57. The van der Waals surface area contributed by atoms with Crippen LogP contribution in [0.4, 0.5) is 0 Å². The summed E-state index contributed by atoms with van der Waals surface area (Å²) in [7, 11) is 0. The Morgan fingerprint density at radius 2 is 1.00 bits per heavy atom. The summed E-state index contributed by atoms with van der Waals surface area (Å²) < 4.78 is 0.